The van der Waals surface area contributed by atoms with Gasteiger partial charge in [0, 0.05) is 18.8 Å². The van der Waals surface area contributed by atoms with Crippen LogP contribution in [0.25, 0.3) is 0 Å². The molecule has 0 spiro atoms. The summed E-state index contributed by atoms with van der Waals surface area (Å²) in [5.41, 5.74) is 3.93. The number of benzene rings is 1. The minimum absolute atomic E-state index is 0.146. The zero-order valence-corrected chi connectivity index (χ0v) is 15.4. The Bertz CT molecular complexity index is 907. The molecule has 1 atom stereocenters. The van der Waals surface area contributed by atoms with Crippen molar-refractivity contribution in [3.8, 4) is 6.07 Å². The molecule has 7 heteroatoms. The Kier molecular flexibility index (Phi) is 5.11. The quantitative estimate of drug-likeness (QED) is 0.898. The van der Waals surface area contributed by atoms with Crippen molar-refractivity contribution in [3.05, 3.63) is 46.3 Å². The number of rotatable bonds is 5. The summed E-state index contributed by atoms with van der Waals surface area (Å²) in [5.74, 6) is 0. The average molecular weight is 346 g/mol. The van der Waals surface area contributed by atoms with Gasteiger partial charge < -0.3 is 0 Å². The lowest BCUT2D eigenvalue weighted by Crippen LogP contribution is -2.34. The van der Waals surface area contributed by atoms with Crippen LogP contribution in [0.3, 0.4) is 0 Å². The molecule has 0 fully saturated rings. The van der Waals surface area contributed by atoms with E-state index >= 15 is 0 Å². The Morgan fingerprint density at radius 3 is 2.54 bits per heavy atom. The first-order valence-electron chi connectivity index (χ1n) is 7.68. The van der Waals surface area contributed by atoms with Gasteiger partial charge in [-0.15, -0.1) is 0 Å². The summed E-state index contributed by atoms with van der Waals surface area (Å²) in [6, 6.07) is 6.35. The molecule has 1 N–H and O–H groups in total. The number of nitrogens with one attached hydrogen (secondary N) is 1. The van der Waals surface area contributed by atoms with E-state index in [1.54, 1.807) is 23.7 Å². The zero-order chi connectivity index (χ0) is 18.1. The number of hydrogen-bond acceptors (Lipinski definition) is 4. The lowest BCUT2D eigenvalue weighted by molar-refractivity contribution is 0.558. The van der Waals surface area contributed by atoms with Crippen LogP contribution in [0.15, 0.2) is 23.1 Å². The van der Waals surface area contributed by atoms with Gasteiger partial charge in [0.15, 0.2) is 0 Å². The van der Waals surface area contributed by atoms with Crippen LogP contribution in [0.1, 0.15) is 35.0 Å². The highest BCUT2D eigenvalue weighted by Gasteiger charge is 2.22. The standard InChI is InChI=1S/C17H22N4O2S/c1-11-6-7-15(10-18)9-17(11)24(22,23)20-12(2)8-16-13(3)19-21(5)14(16)4/h6-7,9,12,20H,8H2,1-5H3/t12-/m0/s1. The second-order valence-electron chi connectivity index (χ2n) is 6.09. The van der Waals surface area contributed by atoms with E-state index in [1.807, 2.05) is 33.9 Å². The Hall–Kier alpha value is -2.17. The van der Waals surface area contributed by atoms with E-state index in [4.69, 9.17) is 5.26 Å². The smallest absolute Gasteiger partial charge is 0.241 e. The molecule has 0 unspecified atom stereocenters. The van der Waals surface area contributed by atoms with Crippen LogP contribution in [-0.4, -0.2) is 24.2 Å². The molecule has 0 bridgehead atoms. The number of aryl methyl sites for hydroxylation is 3. The first-order valence-corrected chi connectivity index (χ1v) is 9.16. The topological polar surface area (TPSA) is 87.8 Å². The van der Waals surface area contributed by atoms with E-state index in [0.29, 0.717) is 17.5 Å². The molecule has 0 aliphatic carbocycles. The van der Waals surface area contributed by atoms with Gasteiger partial charge in [-0.3, -0.25) is 4.68 Å². The van der Waals surface area contributed by atoms with Crippen molar-refractivity contribution < 1.29 is 8.42 Å². The largest absolute Gasteiger partial charge is 0.272 e. The van der Waals surface area contributed by atoms with Crippen LogP contribution in [0.4, 0.5) is 0 Å². The molecule has 1 aromatic carbocycles. The van der Waals surface area contributed by atoms with Crippen molar-refractivity contribution in [3.63, 3.8) is 0 Å². The average Bonchev–Trinajstić information content (AvgIpc) is 2.73. The number of nitriles is 1. The number of hydrogen-bond donors (Lipinski definition) is 1. The van der Waals surface area contributed by atoms with Crippen molar-refractivity contribution in [1.29, 1.82) is 5.26 Å². The normalized spacial score (nSPS) is 12.8. The predicted octanol–water partition coefficient (Wildman–Crippen LogP) is 2.13. The summed E-state index contributed by atoms with van der Waals surface area (Å²) >= 11 is 0. The predicted molar refractivity (Wildman–Crippen MR) is 92.1 cm³/mol. The molecule has 0 saturated heterocycles. The molecule has 2 rings (SSSR count). The Labute approximate surface area is 143 Å². The third kappa shape index (κ3) is 3.66. The fourth-order valence-corrected chi connectivity index (χ4v) is 4.26. The first kappa shape index (κ1) is 18.2. The van der Waals surface area contributed by atoms with Gasteiger partial charge in [-0.25, -0.2) is 13.1 Å². The number of aromatic nitrogens is 2. The third-order valence-electron chi connectivity index (χ3n) is 4.13. The van der Waals surface area contributed by atoms with Gasteiger partial charge in [0.25, 0.3) is 0 Å². The summed E-state index contributed by atoms with van der Waals surface area (Å²) in [7, 11) is -1.82. The summed E-state index contributed by atoms with van der Waals surface area (Å²) < 4.78 is 29.8. The van der Waals surface area contributed by atoms with E-state index < -0.39 is 10.0 Å². The van der Waals surface area contributed by atoms with E-state index in [1.165, 1.54) is 6.07 Å². The Morgan fingerprint density at radius 1 is 1.33 bits per heavy atom. The van der Waals surface area contributed by atoms with Crippen LogP contribution in [-0.2, 0) is 23.5 Å². The molecular formula is C17H22N4O2S. The second kappa shape index (κ2) is 6.75. The molecular weight excluding hydrogens is 324 g/mol. The highest BCUT2D eigenvalue weighted by Crippen LogP contribution is 2.19. The first-order chi connectivity index (χ1) is 11.2. The molecule has 1 aromatic heterocycles. The van der Waals surface area contributed by atoms with E-state index in [0.717, 1.165) is 17.0 Å². The van der Waals surface area contributed by atoms with Gasteiger partial charge in [0.1, 0.15) is 0 Å². The third-order valence-corrected chi connectivity index (χ3v) is 5.86. The van der Waals surface area contributed by atoms with Gasteiger partial charge in [-0.05, 0) is 57.4 Å². The van der Waals surface area contributed by atoms with Crippen molar-refractivity contribution in [1.82, 2.24) is 14.5 Å². The molecule has 1 heterocycles. The summed E-state index contributed by atoms with van der Waals surface area (Å²) in [4.78, 5) is 0.146. The summed E-state index contributed by atoms with van der Waals surface area (Å²) in [6.45, 7) is 7.43. The van der Waals surface area contributed by atoms with Crippen molar-refractivity contribution in [2.24, 2.45) is 7.05 Å². The molecule has 6 nitrogen and oxygen atoms in total. The highest BCUT2D eigenvalue weighted by atomic mass is 32.2. The maximum absolute atomic E-state index is 12.7. The van der Waals surface area contributed by atoms with Crippen molar-refractivity contribution in [2.75, 3.05) is 0 Å². The van der Waals surface area contributed by atoms with Gasteiger partial charge in [-0.1, -0.05) is 6.07 Å². The van der Waals surface area contributed by atoms with Crippen molar-refractivity contribution in [2.45, 2.75) is 45.1 Å². The SMILES string of the molecule is Cc1ccc(C#N)cc1S(=O)(=O)N[C@@H](C)Cc1c(C)nn(C)c1C. The molecule has 128 valence electrons. The van der Waals surface area contributed by atoms with Crippen LogP contribution in [0.5, 0.6) is 0 Å². The van der Waals surface area contributed by atoms with E-state index in [9.17, 15) is 8.42 Å². The van der Waals surface area contributed by atoms with Crippen LogP contribution in [0.2, 0.25) is 0 Å². The van der Waals surface area contributed by atoms with E-state index in [2.05, 4.69) is 9.82 Å². The van der Waals surface area contributed by atoms with Gasteiger partial charge in [0.05, 0.1) is 22.2 Å². The van der Waals surface area contributed by atoms with Crippen LogP contribution >= 0.6 is 0 Å². The molecule has 2 aromatic rings. The van der Waals surface area contributed by atoms with Gasteiger partial charge in [-0.2, -0.15) is 10.4 Å². The minimum atomic E-state index is -3.69. The monoisotopic (exact) mass is 346 g/mol. The van der Waals surface area contributed by atoms with Gasteiger partial charge in [0.2, 0.25) is 10.0 Å². The van der Waals surface area contributed by atoms with Crippen LogP contribution in [0, 0.1) is 32.1 Å². The molecule has 0 radical (unpaired) electrons. The Balaban J connectivity index is 2.25. The summed E-state index contributed by atoms with van der Waals surface area (Å²) in [5, 5.41) is 13.3. The lowest BCUT2D eigenvalue weighted by Gasteiger charge is -2.16. The molecule has 0 saturated carbocycles. The molecule has 0 aliphatic rings. The highest BCUT2D eigenvalue weighted by molar-refractivity contribution is 7.89. The second-order valence-corrected chi connectivity index (χ2v) is 7.77. The molecule has 0 aliphatic heterocycles. The van der Waals surface area contributed by atoms with Gasteiger partial charge >= 0.3 is 0 Å². The summed E-state index contributed by atoms with van der Waals surface area (Å²) in [6.07, 6.45) is 0.557. The fraction of sp³-hybridized carbons (Fsp3) is 0.412. The number of nitrogens with zero attached hydrogens (tertiary/aromatic N) is 3. The maximum Gasteiger partial charge on any atom is 0.241 e. The lowest BCUT2D eigenvalue weighted by atomic mass is 10.1. The van der Waals surface area contributed by atoms with Crippen LogP contribution < -0.4 is 4.72 Å². The minimum Gasteiger partial charge on any atom is -0.272 e. The maximum atomic E-state index is 12.7. The van der Waals surface area contributed by atoms with Crippen molar-refractivity contribution >= 4 is 10.0 Å². The zero-order valence-electron chi connectivity index (χ0n) is 14.6. The molecule has 24 heavy (non-hydrogen) atoms. The molecule has 0 amide bonds. The number of sulfonamides is 1. The van der Waals surface area contributed by atoms with E-state index in [-0.39, 0.29) is 10.9 Å². The Morgan fingerprint density at radius 2 is 2.00 bits per heavy atom. The fourth-order valence-electron chi connectivity index (χ4n) is 2.75.